The van der Waals surface area contributed by atoms with Crippen LogP contribution >= 0.6 is 0 Å². The van der Waals surface area contributed by atoms with Gasteiger partial charge in [-0.1, -0.05) is 29.3 Å². The third kappa shape index (κ3) is 6.24. The molecule has 1 atom stereocenters. The van der Waals surface area contributed by atoms with Gasteiger partial charge in [-0.05, 0) is 26.3 Å². The van der Waals surface area contributed by atoms with Crippen LogP contribution in [-0.2, 0) is 19.1 Å². The van der Waals surface area contributed by atoms with Crippen molar-refractivity contribution in [2.24, 2.45) is 0 Å². The maximum Gasteiger partial charge on any atom is 0.330 e. The van der Waals surface area contributed by atoms with Gasteiger partial charge in [0.05, 0.1) is 13.2 Å². The minimum absolute atomic E-state index is 0.193. The van der Waals surface area contributed by atoms with Crippen molar-refractivity contribution in [1.82, 2.24) is 5.32 Å². The first-order valence-corrected chi connectivity index (χ1v) is 7.20. The Hall–Kier alpha value is -1.92. The SMILES string of the molecule is CCOCCOCC(=O)NC(C(=O)O)c1cc(C)cc(C)c1. The Morgan fingerprint density at radius 2 is 1.73 bits per heavy atom. The van der Waals surface area contributed by atoms with E-state index in [1.807, 2.05) is 26.8 Å². The third-order valence-electron chi connectivity index (χ3n) is 2.94. The summed E-state index contributed by atoms with van der Waals surface area (Å²) in [6.45, 7) is 6.73. The van der Waals surface area contributed by atoms with Crippen molar-refractivity contribution in [2.45, 2.75) is 26.8 Å². The van der Waals surface area contributed by atoms with Crippen LogP contribution in [0.25, 0.3) is 0 Å². The summed E-state index contributed by atoms with van der Waals surface area (Å²) in [5.41, 5.74) is 2.44. The highest BCUT2D eigenvalue weighted by Crippen LogP contribution is 2.17. The lowest BCUT2D eigenvalue weighted by Crippen LogP contribution is -2.36. The number of carbonyl (C=O) groups is 2. The van der Waals surface area contributed by atoms with Crippen LogP contribution in [0.3, 0.4) is 0 Å². The summed E-state index contributed by atoms with van der Waals surface area (Å²) in [5.74, 6) is -1.57. The van der Waals surface area contributed by atoms with E-state index in [9.17, 15) is 14.7 Å². The lowest BCUT2D eigenvalue weighted by Gasteiger charge is -2.16. The monoisotopic (exact) mass is 309 g/mol. The summed E-state index contributed by atoms with van der Waals surface area (Å²) < 4.78 is 10.2. The molecule has 1 aromatic carbocycles. The van der Waals surface area contributed by atoms with Gasteiger partial charge in [0, 0.05) is 6.61 Å². The fourth-order valence-corrected chi connectivity index (χ4v) is 2.09. The summed E-state index contributed by atoms with van der Waals surface area (Å²) in [4.78, 5) is 23.2. The summed E-state index contributed by atoms with van der Waals surface area (Å²) in [6.07, 6.45) is 0. The van der Waals surface area contributed by atoms with Crippen LogP contribution in [0.2, 0.25) is 0 Å². The molecule has 22 heavy (non-hydrogen) atoms. The van der Waals surface area contributed by atoms with Gasteiger partial charge in [-0.15, -0.1) is 0 Å². The van der Waals surface area contributed by atoms with Crippen molar-refractivity contribution in [2.75, 3.05) is 26.4 Å². The molecule has 6 heteroatoms. The van der Waals surface area contributed by atoms with Crippen LogP contribution in [0.4, 0.5) is 0 Å². The van der Waals surface area contributed by atoms with Crippen molar-refractivity contribution in [3.63, 3.8) is 0 Å². The van der Waals surface area contributed by atoms with Gasteiger partial charge in [0.15, 0.2) is 6.04 Å². The van der Waals surface area contributed by atoms with Crippen molar-refractivity contribution in [3.05, 3.63) is 34.9 Å². The van der Waals surface area contributed by atoms with Gasteiger partial charge in [-0.2, -0.15) is 0 Å². The second kappa shape index (κ2) is 9.17. The molecule has 1 unspecified atom stereocenters. The number of benzene rings is 1. The Morgan fingerprint density at radius 3 is 2.27 bits per heavy atom. The molecule has 2 N–H and O–H groups in total. The number of aliphatic carboxylic acids is 1. The number of amides is 1. The molecule has 0 saturated carbocycles. The topological polar surface area (TPSA) is 84.9 Å². The standard InChI is InChI=1S/C16H23NO5/c1-4-21-5-6-22-10-14(18)17-15(16(19)20)13-8-11(2)7-12(3)9-13/h7-9,15H,4-6,10H2,1-3H3,(H,17,18)(H,19,20). The Kier molecular flexibility index (Phi) is 7.56. The van der Waals surface area contributed by atoms with Crippen molar-refractivity contribution < 1.29 is 24.2 Å². The molecular formula is C16H23NO5. The van der Waals surface area contributed by atoms with E-state index in [1.54, 1.807) is 12.1 Å². The van der Waals surface area contributed by atoms with Crippen LogP contribution in [0.5, 0.6) is 0 Å². The van der Waals surface area contributed by atoms with Crippen LogP contribution in [0.15, 0.2) is 18.2 Å². The highest BCUT2D eigenvalue weighted by Gasteiger charge is 2.22. The van der Waals surface area contributed by atoms with E-state index >= 15 is 0 Å². The normalized spacial score (nSPS) is 12.0. The highest BCUT2D eigenvalue weighted by atomic mass is 16.5. The number of ether oxygens (including phenoxy) is 2. The number of carboxylic acid groups (broad SMARTS) is 1. The quantitative estimate of drug-likeness (QED) is 0.677. The predicted molar refractivity (Wildman–Crippen MR) is 81.7 cm³/mol. The Morgan fingerprint density at radius 1 is 1.14 bits per heavy atom. The van der Waals surface area contributed by atoms with Crippen LogP contribution in [0.1, 0.15) is 29.7 Å². The van der Waals surface area contributed by atoms with Gasteiger partial charge >= 0.3 is 5.97 Å². The molecular weight excluding hydrogens is 286 g/mol. The number of rotatable bonds is 9. The fraction of sp³-hybridized carbons (Fsp3) is 0.500. The molecule has 0 aromatic heterocycles. The molecule has 0 aliphatic carbocycles. The zero-order valence-electron chi connectivity index (χ0n) is 13.2. The summed E-state index contributed by atoms with van der Waals surface area (Å²) in [6, 6.07) is 4.37. The van der Waals surface area contributed by atoms with E-state index in [-0.39, 0.29) is 6.61 Å². The number of carbonyl (C=O) groups excluding carboxylic acids is 1. The fourth-order valence-electron chi connectivity index (χ4n) is 2.09. The molecule has 0 saturated heterocycles. The van der Waals surface area contributed by atoms with Crippen LogP contribution in [-0.4, -0.2) is 43.4 Å². The number of aryl methyl sites for hydroxylation is 2. The zero-order valence-corrected chi connectivity index (χ0v) is 13.2. The van der Waals surface area contributed by atoms with Crippen molar-refractivity contribution >= 4 is 11.9 Å². The molecule has 0 aliphatic heterocycles. The third-order valence-corrected chi connectivity index (χ3v) is 2.94. The first-order valence-electron chi connectivity index (χ1n) is 7.20. The van der Waals surface area contributed by atoms with E-state index in [4.69, 9.17) is 9.47 Å². The highest BCUT2D eigenvalue weighted by molar-refractivity contribution is 5.85. The van der Waals surface area contributed by atoms with Gasteiger partial charge in [0.1, 0.15) is 6.61 Å². The van der Waals surface area contributed by atoms with E-state index in [0.29, 0.717) is 25.4 Å². The van der Waals surface area contributed by atoms with Crippen LogP contribution in [0, 0.1) is 13.8 Å². The minimum atomic E-state index is -1.10. The van der Waals surface area contributed by atoms with E-state index < -0.39 is 17.9 Å². The molecule has 1 rings (SSSR count). The molecule has 0 bridgehead atoms. The van der Waals surface area contributed by atoms with Gasteiger partial charge < -0.3 is 19.9 Å². The minimum Gasteiger partial charge on any atom is -0.479 e. The van der Waals surface area contributed by atoms with Gasteiger partial charge in [-0.3, -0.25) is 4.79 Å². The number of hydrogen-bond acceptors (Lipinski definition) is 4. The molecule has 122 valence electrons. The van der Waals surface area contributed by atoms with Gasteiger partial charge in [0.25, 0.3) is 0 Å². The smallest absolute Gasteiger partial charge is 0.330 e. The first-order chi connectivity index (χ1) is 10.4. The molecule has 0 heterocycles. The summed E-state index contributed by atoms with van der Waals surface area (Å²) >= 11 is 0. The molecule has 1 amide bonds. The zero-order chi connectivity index (χ0) is 16.5. The van der Waals surface area contributed by atoms with E-state index in [2.05, 4.69) is 5.32 Å². The molecule has 0 spiro atoms. The molecule has 0 aliphatic rings. The van der Waals surface area contributed by atoms with E-state index in [1.165, 1.54) is 0 Å². The first kappa shape index (κ1) is 18.1. The molecule has 0 radical (unpaired) electrons. The Bertz CT molecular complexity index is 495. The number of nitrogens with one attached hydrogen (secondary N) is 1. The maximum absolute atomic E-state index is 11.8. The van der Waals surface area contributed by atoms with Crippen molar-refractivity contribution in [1.29, 1.82) is 0 Å². The maximum atomic E-state index is 11.8. The van der Waals surface area contributed by atoms with Gasteiger partial charge in [-0.25, -0.2) is 4.79 Å². The van der Waals surface area contributed by atoms with Gasteiger partial charge in [0.2, 0.25) is 5.91 Å². The summed E-state index contributed by atoms with van der Waals surface area (Å²) in [5, 5.41) is 11.8. The van der Waals surface area contributed by atoms with Crippen LogP contribution < -0.4 is 5.32 Å². The average molecular weight is 309 g/mol. The summed E-state index contributed by atoms with van der Waals surface area (Å²) in [7, 11) is 0. The second-order valence-corrected chi connectivity index (χ2v) is 5.01. The Balaban J connectivity index is 2.61. The second-order valence-electron chi connectivity index (χ2n) is 5.01. The van der Waals surface area contributed by atoms with E-state index in [0.717, 1.165) is 11.1 Å². The number of carboxylic acids is 1. The number of hydrogen-bond donors (Lipinski definition) is 2. The predicted octanol–water partition coefficient (Wildman–Crippen LogP) is 1.60. The van der Waals surface area contributed by atoms with Crippen molar-refractivity contribution in [3.8, 4) is 0 Å². The lowest BCUT2D eigenvalue weighted by atomic mass is 10.0. The lowest BCUT2D eigenvalue weighted by molar-refractivity contribution is -0.142. The Labute approximate surface area is 130 Å². The molecule has 6 nitrogen and oxygen atoms in total. The average Bonchev–Trinajstić information content (AvgIpc) is 2.43. The largest absolute Gasteiger partial charge is 0.479 e. The molecule has 0 fully saturated rings. The molecule has 1 aromatic rings.